The van der Waals surface area contributed by atoms with Crippen molar-refractivity contribution in [2.24, 2.45) is 52.3 Å². The lowest BCUT2D eigenvalue weighted by Gasteiger charge is -2.58. The van der Waals surface area contributed by atoms with Crippen molar-refractivity contribution in [3.8, 4) is 0 Å². The third-order valence-electron chi connectivity index (χ3n) is 19.1. The summed E-state index contributed by atoms with van der Waals surface area (Å²) in [5.41, 5.74) is 2.52. The van der Waals surface area contributed by atoms with Gasteiger partial charge in [-0.1, -0.05) is 190 Å². The van der Waals surface area contributed by atoms with Crippen molar-refractivity contribution >= 4 is 12.4 Å². The number of ether oxygens (including phenoxy) is 2. The maximum absolute atomic E-state index is 12.5. The van der Waals surface area contributed by atoms with E-state index < -0.39 is 0 Å². The highest BCUT2D eigenvalue weighted by Gasteiger charge is 2.59. The van der Waals surface area contributed by atoms with E-state index in [1.165, 1.54) is 199 Å². The molecule has 0 aromatic rings. The smallest absolute Gasteiger partial charge is 0.306 e. The van der Waals surface area contributed by atoms with Gasteiger partial charge in [0, 0.05) is 12.8 Å². The van der Waals surface area contributed by atoms with E-state index in [1.807, 2.05) is 0 Å². The molecule has 0 aliphatic heterocycles. The van der Waals surface area contributed by atoms with Crippen LogP contribution < -0.4 is 0 Å². The van der Waals surface area contributed by atoms with Gasteiger partial charge in [-0.3, -0.25) is 9.59 Å². The zero-order valence-corrected chi connectivity index (χ0v) is 47.3. The fraction of sp³-hybridized carbons (Fsp3) is 0.937. The van der Waals surface area contributed by atoms with Crippen molar-refractivity contribution < 1.29 is 19.1 Å². The first kappa shape index (κ1) is 60.9. The minimum atomic E-state index is 0.0543. The van der Waals surface area contributed by atoms with Gasteiger partial charge in [0.25, 0.3) is 6.47 Å². The van der Waals surface area contributed by atoms with Crippen LogP contribution in [0.15, 0.2) is 11.6 Å². The second kappa shape index (κ2) is 34.9. The molecule has 0 aromatic carbocycles. The Hall–Kier alpha value is -1.36. The maximum atomic E-state index is 12.5. The average Bonchev–Trinajstić information content (AvgIpc) is 3.69. The van der Waals surface area contributed by atoms with Gasteiger partial charge in [-0.25, -0.2) is 0 Å². The lowest BCUT2D eigenvalue weighted by atomic mass is 9.47. The van der Waals surface area contributed by atoms with Gasteiger partial charge in [-0.2, -0.15) is 0 Å². The molecule has 4 aliphatic rings. The molecule has 0 amide bonds. The largest absolute Gasteiger partial charge is 0.464 e. The lowest BCUT2D eigenvalue weighted by molar-refractivity contribution is -0.150. The van der Waals surface area contributed by atoms with Gasteiger partial charge in [0.2, 0.25) is 0 Å². The van der Waals surface area contributed by atoms with Crippen molar-refractivity contribution in [2.75, 3.05) is 19.6 Å². The van der Waals surface area contributed by atoms with Crippen molar-refractivity contribution in [3.05, 3.63) is 11.6 Å². The van der Waals surface area contributed by atoms with Crippen LogP contribution in [0.4, 0.5) is 0 Å². The SMILES string of the molecule is CCC(CCC(C)C1CCC2C3CC=C4CC(OC=O)CCC4(C)C3CCC12C)C(C)C.CCCCCCCCC(CCCCCC)OC(=O)CCCCCCN(CCCCC)CCCCCC. The van der Waals surface area contributed by atoms with Gasteiger partial charge in [-0.15, -0.1) is 0 Å². The zero-order chi connectivity index (χ0) is 49.6. The Bertz CT molecular complexity index is 1330. The van der Waals surface area contributed by atoms with Crippen LogP contribution in [0, 0.1) is 52.3 Å². The van der Waals surface area contributed by atoms with E-state index >= 15 is 0 Å². The second-order valence-electron chi connectivity index (χ2n) is 24.3. The Kier molecular flexibility index (Phi) is 31.3. The predicted molar refractivity (Wildman–Crippen MR) is 293 cm³/mol. The number of unbranched alkanes of at least 4 members (excludes halogenated alkanes) is 16. The van der Waals surface area contributed by atoms with Crippen LogP contribution in [0.2, 0.25) is 0 Å². The minimum absolute atomic E-state index is 0.0543. The molecule has 68 heavy (non-hydrogen) atoms. The fourth-order valence-corrected chi connectivity index (χ4v) is 14.6. The molecule has 4 rings (SSSR count). The van der Waals surface area contributed by atoms with E-state index in [2.05, 4.69) is 80.2 Å². The average molecular weight is 953 g/mol. The number of rotatable bonds is 37. The number of esters is 1. The molecular weight excluding hydrogens is 835 g/mol. The van der Waals surface area contributed by atoms with Gasteiger partial charge >= 0.3 is 5.97 Å². The van der Waals surface area contributed by atoms with Gasteiger partial charge in [-0.05, 0) is 175 Å². The highest BCUT2D eigenvalue weighted by Crippen LogP contribution is 2.67. The topological polar surface area (TPSA) is 55.8 Å². The number of carbonyl (C=O) groups excluding carboxylic acids is 2. The highest BCUT2D eigenvalue weighted by molar-refractivity contribution is 5.69. The van der Waals surface area contributed by atoms with Crippen LogP contribution >= 0.6 is 0 Å². The van der Waals surface area contributed by atoms with Gasteiger partial charge in [0.05, 0.1) is 0 Å². The van der Waals surface area contributed by atoms with Crippen LogP contribution in [0.25, 0.3) is 0 Å². The molecular formula is C63H117NO4. The zero-order valence-electron chi connectivity index (χ0n) is 47.3. The summed E-state index contributed by atoms with van der Waals surface area (Å²) in [6, 6.07) is 0. The maximum Gasteiger partial charge on any atom is 0.306 e. The van der Waals surface area contributed by atoms with Crippen molar-refractivity contribution in [2.45, 2.75) is 306 Å². The van der Waals surface area contributed by atoms with Crippen molar-refractivity contribution in [1.29, 1.82) is 0 Å². The molecule has 3 saturated carbocycles. The number of allylic oxidation sites excluding steroid dienone is 1. The summed E-state index contributed by atoms with van der Waals surface area (Å²) >= 11 is 0. The molecule has 0 aromatic heterocycles. The Balaban J connectivity index is 0.000000362. The van der Waals surface area contributed by atoms with E-state index in [9.17, 15) is 9.59 Å². The molecule has 0 saturated heterocycles. The second-order valence-corrected chi connectivity index (χ2v) is 24.3. The number of nitrogens with zero attached hydrogens (tertiary/aromatic N) is 1. The molecule has 0 heterocycles. The quantitative estimate of drug-likeness (QED) is 0.0269. The molecule has 5 nitrogen and oxygen atoms in total. The Morgan fingerprint density at radius 2 is 1.22 bits per heavy atom. The lowest BCUT2D eigenvalue weighted by Crippen LogP contribution is -2.51. The first-order valence-electron chi connectivity index (χ1n) is 30.6. The summed E-state index contributed by atoms with van der Waals surface area (Å²) in [5.74, 6) is 6.21. The highest BCUT2D eigenvalue weighted by atomic mass is 16.5. The molecule has 3 fully saturated rings. The molecule has 10 atom stereocenters. The molecule has 0 spiro atoms. The fourth-order valence-electron chi connectivity index (χ4n) is 14.6. The number of carbonyl (C=O) groups is 2. The normalized spacial score (nSPS) is 26.8. The Morgan fingerprint density at radius 1 is 0.662 bits per heavy atom. The minimum Gasteiger partial charge on any atom is -0.464 e. The molecule has 398 valence electrons. The van der Waals surface area contributed by atoms with Gasteiger partial charge in [0.1, 0.15) is 12.2 Å². The predicted octanol–water partition coefficient (Wildman–Crippen LogP) is 18.8. The van der Waals surface area contributed by atoms with E-state index in [4.69, 9.17) is 9.47 Å². The van der Waals surface area contributed by atoms with E-state index in [-0.39, 0.29) is 18.2 Å². The summed E-state index contributed by atoms with van der Waals surface area (Å²) < 4.78 is 11.4. The third-order valence-corrected chi connectivity index (χ3v) is 19.1. The van der Waals surface area contributed by atoms with Crippen LogP contribution in [0.5, 0.6) is 0 Å². The van der Waals surface area contributed by atoms with Gasteiger partial charge in [0.15, 0.2) is 0 Å². The molecule has 5 heteroatoms. The number of hydrogen-bond donors (Lipinski definition) is 0. The van der Waals surface area contributed by atoms with Crippen LogP contribution in [0.3, 0.4) is 0 Å². The number of hydrogen-bond acceptors (Lipinski definition) is 5. The van der Waals surface area contributed by atoms with E-state index in [0.29, 0.717) is 23.7 Å². The van der Waals surface area contributed by atoms with Gasteiger partial charge < -0.3 is 14.4 Å². The number of fused-ring (bicyclic) bond motifs is 5. The summed E-state index contributed by atoms with van der Waals surface area (Å²) in [7, 11) is 0. The van der Waals surface area contributed by atoms with Crippen molar-refractivity contribution in [3.63, 3.8) is 0 Å². The summed E-state index contributed by atoms with van der Waals surface area (Å²) in [5, 5.41) is 0. The Labute approximate surface area is 424 Å². The molecule has 0 N–H and O–H groups in total. The third kappa shape index (κ3) is 20.6. The molecule has 0 radical (unpaired) electrons. The molecule has 10 unspecified atom stereocenters. The Morgan fingerprint density at radius 3 is 1.84 bits per heavy atom. The standard InChI is InChI=1S/C33H67NO2.C30H50O2/c1-5-9-13-16-17-21-27-32(26-20-14-10-6-2)36-33(35)28-22-18-19-25-31-34(29-23-12-8-4)30-24-15-11-7-3;1-7-22(20(2)3)9-8-21(4)26-12-13-27-25-11-10-23-18-24(32-19-31)14-16-29(23,5)28(25)15-17-30(26,27)6/h32H,5-31H2,1-4H3;10,19-22,24-28H,7-9,11-18H2,1-6H3. The molecule has 0 bridgehead atoms. The first-order chi connectivity index (χ1) is 32.9. The van der Waals surface area contributed by atoms with E-state index in [0.717, 1.165) is 80.0 Å². The molecule has 4 aliphatic carbocycles. The first-order valence-corrected chi connectivity index (χ1v) is 30.6. The monoisotopic (exact) mass is 952 g/mol. The van der Waals surface area contributed by atoms with Crippen LogP contribution in [0.1, 0.15) is 294 Å². The summed E-state index contributed by atoms with van der Waals surface area (Å²) in [6.45, 7) is 28.6. The summed E-state index contributed by atoms with van der Waals surface area (Å²) in [6.07, 6.45) is 47.0. The van der Waals surface area contributed by atoms with Crippen LogP contribution in [-0.2, 0) is 19.1 Å². The van der Waals surface area contributed by atoms with Crippen molar-refractivity contribution in [1.82, 2.24) is 4.90 Å². The summed E-state index contributed by atoms with van der Waals surface area (Å²) in [4.78, 5) is 26.1. The van der Waals surface area contributed by atoms with Crippen LogP contribution in [-0.4, -0.2) is 49.2 Å². The van der Waals surface area contributed by atoms with E-state index in [1.54, 1.807) is 5.57 Å².